The second-order valence-corrected chi connectivity index (χ2v) is 5.22. The molecule has 0 unspecified atom stereocenters. The van der Waals surface area contributed by atoms with E-state index in [1.807, 2.05) is 18.2 Å². The van der Waals surface area contributed by atoms with E-state index in [4.69, 9.17) is 18.0 Å². The summed E-state index contributed by atoms with van der Waals surface area (Å²) in [4.78, 5) is 12.1. The summed E-state index contributed by atoms with van der Waals surface area (Å²) in [5.41, 5.74) is 5.37. The lowest BCUT2D eigenvalue weighted by Crippen LogP contribution is -2.41. The molecule has 16 heavy (non-hydrogen) atoms. The molecule has 3 nitrogen and oxygen atoms in total. The van der Waals surface area contributed by atoms with Crippen LogP contribution in [0.3, 0.4) is 0 Å². The van der Waals surface area contributed by atoms with Gasteiger partial charge in [-0.2, -0.15) is 0 Å². The number of rotatable bonds is 3. The van der Waals surface area contributed by atoms with Crippen molar-refractivity contribution in [1.82, 2.24) is 0 Å². The predicted octanol–water partition coefficient (Wildman–Crippen LogP) is 2.70. The van der Waals surface area contributed by atoms with Gasteiger partial charge in [-0.3, -0.25) is 4.79 Å². The van der Waals surface area contributed by atoms with Crippen LogP contribution in [-0.2, 0) is 4.79 Å². The van der Waals surface area contributed by atoms with Crippen molar-refractivity contribution < 1.29 is 4.79 Å². The minimum atomic E-state index is -0.857. The van der Waals surface area contributed by atoms with Crippen LogP contribution in [0, 0.1) is 5.41 Å². The summed E-state index contributed by atoms with van der Waals surface area (Å²) in [5.74, 6) is -0.216. The van der Waals surface area contributed by atoms with Gasteiger partial charge in [-0.05, 0) is 41.9 Å². The van der Waals surface area contributed by atoms with E-state index in [2.05, 4.69) is 21.2 Å². The van der Waals surface area contributed by atoms with E-state index in [0.29, 0.717) is 5.69 Å². The van der Waals surface area contributed by atoms with Gasteiger partial charge in [0.2, 0.25) is 5.91 Å². The van der Waals surface area contributed by atoms with Gasteiger partial charge in [0.1, 0.15) is 0 Å². The van der Waals surface area contributed by atoms with Crippen LogP contribution in [0.5, 0.6) is 0 Å². The zero-order valence-electron chi connectivity index (χ0n) is 9.08. The molecule has 1 rings (SSSR count). The molecule has 0 aliphatic rings. The van der Waals surface area contributed by atoms with Crippen molar-refractivity contribution in [2.45, 2.75) is 13.8 Å². The molecule has 0 aliphatic carbocycles. The molecule has 1 aromatic rings. The van der Waals surface area contributed by atoms with Crippen molar-refractivity contribution in [2.75, 3.05) is 5.32 Å². The van der Waals surface area contributed by atoms with Crippen LogP contribution in [0.15, 0.2) is 28.7 Å². The Morgan fingerprint density at radius 1 is 1.44 bits per heavy atom. The lowest BCUT2D eigenvalue weighted by molar-refractivity contribution is -0.121. The number of thiocarbonyl (C=S) groups is 1. The summed E-state index contributed by atoms with van der Waals surface area (Å²) >= 11 is 8.21. The second kappa shape index (κ2) is 4.93. The van der Waals surface area contributed by atoms with Gasteiger partial charge < -0.3 is 11.1 Å². The molecule has 0 spiro atoms. The molecule has 0 aliphatic heterocycles. The SMILES string of the molecule is CC(C)(C(=O)Nc1ccccc1Br)C(N)=S. The van der Waals surface area contributed by atoms with E-state index in [0.717, 1.165) is 4.47 Å². The van der Waals surface area contributed by atoms with Crippen molar-refractivity contribution in [3.63, 3.8) is 0 Å². The number of carbonyl (C=O) groups excluding carboxylic acids is 1. The summed E-state index contributed by atoms with van der Waals surface area (Å²) in [6, 6.07) is 7.37. The molecule has 5 heteroatoms. The molecule has 0 saturated heterocycles. The predicted molar refractivity (Wildman–Crippen MR) is 73.3 cm³/mol. The van der Waals surface area contributed by atoms with Crippen molar-refractivity contribution in [2.24, 2.45) is 11.1 Å². The quantitative estimate of drug-likeness (QED) is 0.844. The summed E-state index contributed by atoms with van der Waals surface area (Å²) in [5, 5.41) is 2.78. The van der Waals surface area contributed by atoms with Crippen LogP contribution in [-0.4, -0.2) is 10.9 Å². The average molecular weight is 301 g/mol. The number of hydrogen-bond donors (Lipinski definition) is 2. The number of amides is 1. The lowest BCUT2D eigenvalue weighted by atomic mass is 9.92. The number of halogens is 1. The van der Waals surface area contributed by atoms with Gasteiger partial charge in [0, 0.05) is 4.47 Å². The molecule has 3 N–H and O–H groups in total. The van der Waals surface area contributed by atoms with E-state index in [-0.39, 0.29) is 10.9 Å². The third-order valence-corrected chi connectivity index (χ3v) is 3.51. The van der Waals surface area contributed by atoms with Crippen LogP contribution in [0.25, 0.3) is 0 Å². The Morgan fingerprint density at radius 3 is 2.50 bits per heavy atom. The zero-order chi connectivity index (χ0) is 12.3. The van der Waals surface area contributed by atoms with Crippen LogP contribution >= 0.6 is 28.1 Å². The summed E-state index contributed by atoms with van der Waals surface area (Å²) in [7, 11) is 0. The lowest BCUT2D eigenvalue weighted by Gasteiger charge is -2.22. The van der Waals surface area contributed by atoms with Gasteiger partial charge in [0.05, 0.1) is 16.1 Å². The van der Waals surface area contributed by atoms with Crippen molar-refractivity contribution in [3.05, 3.63) is 28.7 Å². The van der Waals surface area contributed by atoms with Gasteiger partial charge in [-0.15, -0.1) is 0 Å². The van der Waals surface area contributed by atoms with Gasteiger partial charge in [-0.1, -0.05) is 24.4 Å². The van der Waals surface area contributed by atoms with Gasteiger partial charge in [0.25, 0.3) is 0 Å². The van der Waals surface area contributed by atoms with Crippen LogP contribution in [0.4, 0.5) is 5.69 Å². The highest BCUT2D eigenvalue weighted by Crippen LogP contribution is 2.24. The molecule has 1 aromatic carbocycles. The highest BCUT2D eigenvalue weighted by molar-refractivity contribution is 9.10. The molecular formula is C11H13BrN2OS. The molecule has 0 heterocycles. The van der Waals surface area contributed by atoms with E-state index >= 15 is 0 Å². The fourth-order valence-corrected chi connectivity index (χ4v) is 1.43. The molecule has 0 fully saturated rings. The Hall–Kier alpha value is -0.940. The number of anilines is 1. The molecule has 0 atom stereocenters. The van der Waals surface area contributed by atoms with Gasteiger partial charge >= 0.3 is 0 Å². The molecular weight excluding hydrogens is 288 g/mol. The average Bonchev–Trinajstić information content (AvgIpc) is 2.21. The summed E-state index contributed by atoms with van der Waals surface area (Å²) in [6.45, 7) is 3.39. The third kappa shape index (κ3) is 2.80. The van der Waals surface area contributed by atoms with Crippen molar-refractivity contribution >= 4 is 44.7 Å². The number of hydrogen-bond acceptors (Lipinski definition) is 2. The Kier molecular flexibility index (Phi) is 4.04. The van der Waals surface area contributed by atoms with Gasteiger partial charge in [-0.25, -0.2) is 0 Å². The zero-order valence-corrected chi connectivity index (χ0v) is 11.5. The summed E-state index contributed by atoms with van der Waals surface area (Å²) < 4.78 is 0.821. The molecule has 0 radical (unpaired) electrons. The Bertz CT molecular complexity index is 432. The fraction of sp³-hybridized carbons (Fsp3) is 0.273. The van der Waals surface area contributed by atoms with Crippen molar-refractivity contribution in [3.8, 4) is 0 Å². The molecule has 86 valence electrons. The summed E-state index contributed by atoms with van der Waals surface area (Å²) in [6.07, 6.45) is 0. The second-order valence-electron chi connectivity index (χ2n) is 3.92. The Labute approximate surface area is 109 Å². The standard InChI is InChI=1S/C11H13BrN2OS/c1-11(2,9(13)16)10(15)14-8-6-4-3-5-7(8)12/h3-6H,1-2H3,(H2,13,16)(H,14,15). The molecule has 0 aromatic heterocycles. The first-order chi connectivity index (χ1) is 7.35. The number of benzene rings is 1. The van der Waals surface area contributed by atoms with Gasteiger partial charge in [0.15, 0.2) is 0 Å². The smallest absolute Gasteiger partial charge is 0.236 e. The first-order valence-electron chi connectivity index (χ1n) is 4.71. The third-order valence-electron chi connectivity index (χ3n) is 2.31. The maximum Gasteiger partial charge on any atom is 0.236 e. The number of carbonyl (C=O) groups is 1. The van der Waals surface area contributed by atoms with Crippen molar-refractivity contribution in [1.29, 1.82) is 0 Å². The Morgan fingerprint density at radius 2 is 2.00 bits per heavy atom. The molecule has 0 saturated carbocycles. The molecule has 0 bridgehead atoms. The topological polar surface area (TPSA) is 55.1 Å². The highest BCUT2D eigenvalue weighted by atomic mass is 79.9. The normalized spacial score (nSPS) is 10.9. The Balaban J connectivity index is 2.88. The first kappa shape index (κ1) is 13.1. The maximum atomic E-state index is 11.9. The van der Waals surface area contributed by atoms with Crippen LogP contribution < -0.4 is 11.1 Å². The fourth-order valence-electron chi connectivity index (χ4n) is 0.953. The maximum absolute atomic E-state index is 11.9. The van der Waals surface area contributed by atoms with E-state index in [1.165, 1.54) is 0 Å². The van der Waals surface area contributed by atoms with Crippen LogP contribution in [0.2, 0.25) is 0 Å². The largest absolute Gasteiger partial charge is 0.392 e. The molecule has 1 amide bonds. The van der Waals surface area contributed by atoms with E-state index in [1.54, 1.807) is 19.9 Å². The minimum absolute atomic E-state index is 0.178. The number of nitrogens with one attached hydrogen (secondary N) is 1. The number of para-hydroxylation sites is 1. The number of nitrogens with two attached hydrogens (primary N) is 1. The monoisotopic (exact) mass is 300 g/mol. The highest BCUT2D eigenvalue weighted by Gasteiger charge is 2.31. The van der Waals surface area contributed by atoms with E-state index < -0.39 is 5.41 Å². The van der Waals surface area contributed by atoms with E-state index in [9.17, 15) is 4.79 Å². The minimum Gasteiger partial charge on any atom is -0.392 e. The van der Waals surface area contributed by atoms with Crippen LogP contribution in [0.1, 0.15) is 13.8 Å². The first-order valence-corrected chi connectivity index (χ1v) is 5.91.